The molecule has 0 spiro atoms. The van der Waals surface area contributed by atoms with Crippen molar-refractivity contribution >= 4 is 16.1 Å². The van der Waals surface area contributed by atoms with Gasteiger partial charge in [-0.05, 0) is 0 Å². The van der Waals surface area contributed by atoms with E-state index >= 15 is 0 Å². The first kappa shape index (κ1) is 27.1. The van der Waals surface area contributed by atoms with Gasteiger partial charge < -0.3 is 23.1 Å². The van der Waals surface area contributed by atoms with Gasteiger partial charge in [0.2, 0.25) is 0 Å². The molecule has 134 valence electrons. The first-order chi connectivity index (χ1) is 10.0. The topological polar surface area (TPSA) is 25.8 Å². The standard InChI is InChI=1S/2C5H4N.2C4H11Si.Ni/c2*1-2-4-6-5-3-1;2*1-5(2,3)4;/h2*1-4H;2*1H2,2-4H3;/q4*-1;. The van der Waals surface area contributed by atoms with Crippen LogP contribution in [0.2, 0.25) is 39.3 Å². The van der Waals surface area contributed by atoms with Crippen LogP contribution in [0.3, 0.4) is 0 Å². The van der Waals surface area contributed by atoms with Crippen molar-refractivity contribution in [2.45, 2.75) is 39.3 Å². The van der Waals surface area contributed by atoms with E-state index in [9.17, 15) is 0 Å². The summed E-state index contributed by atoms with van der Waals surface area (Å²) in [6, 6.07) is 11.0. The average Bonchev–Trinajstić information content (AvgIpc) is 2.40. The van der Waals surface area contributed by atoms with Crippen LogP contribution in [-0.2, 0) is 16.5 Å². The van der Waals surface area contributed by atoms with Crippen LogP contribution < -0.4 is 0 Å². The third kappa shape index (κ3) is 62.3. The predicted molar refractivity (Wildman–Crippen MR) is 104 cm³/mol. The smallest absolute Gasteiger partial charge is 0 e. The van der Waals surface area contributed by atoms with Crippen molar-refractivity contribution in [2.75, 3.05) is 0 Å². The molecule has 0 aliphatic rings. The molecular formula is C18H30N2NiSi2-4. The number of aromatic nitrogens is 2. The van der Waals surface area contributed by atoms with E-state index in [1.54, 1.807) is 24.5 Å². The van der Waals surface area contributed by atoms with Gasteiger partial charge in [-0.1, -0.05) is 64.1 Å². The molecule has 2 aromatic heterocycles. The molecule has 23 heavy (non-hydrogen) atoms. The van der Waals surface area contributed by atoms with E-state index in [1.165, 1.54) is 0 Å². The average molecular weight is 389 g/mol. The fourth-order valence-electron chi connectivity index (χ4n) is 0.555. The van der Waals surface area contributed by atoms with Crippen LogP contribution in [-0.4, -0.2) is 26.1 Å². The van der Waals surface area contributed by atoms with Crippen LogP contribution in [0.15, 0.2) is 48.8 Å². The Labute approximate surface area is 156 Å². The van der Waals surface area contributed by atoms with E-state index in [2.05, 4.69) is 74.7 Å². The van der Waals surface area contributed by atoms with Crippen molar-refractivity contribution in [2.24, 2.45) is 0 Å². The van der Waals surface area contributed by atoms with Crippen molar-refractivity contribution in [3.8, 4) is 0 Å². The summed E-state index contributed by atoms with van der Waals surface area (Å²) in [4.78, 5) is 7.32. The minimum atomic E-state index is -0.861. The van der Waals surface area contributed by atoms with Gasteiger partial charge in [0.05, 0.1) is 0 Å². The minimum Gasteiger partial charge on any atom is -0.394 e. The second-order valence-corrected chi connectivity index (χ2v) is 17.3. The van der Waals surface area contributed by atoms with Crippen molar-refractivity contribution < 1.29 is 16.5 Å². The molecule has 0 N–H and O–H groups in total. The largest absolute Gasteiger partial charge is 0.394 e. The molecule has 0 bridgehead atoms. The Kier molecular flexibility index (Phi) is 19.0. The van der Waals surface area contributed by atoms with Crippen LogP contribution in [0, 0.1) is 25.5 Å². The molecule has 5 heteroatoms. The van der Waals surface area contributed by atoms with Gasteiger partial charge >= 0.3 is 0 Å². The monoisotopic (exact) mass is 388 g/mol. The van der Waals surface area contributed by atoms with E-state index in [0.717, 1.165) is 0 Å². The van der Waals surface area contributed by atoms with Crippen molar-refractivity contribution in [3.05, 3.63) is 74.3 Å². The zero-order valence-corrected chi connectivity index (χ0v) is 18.2. The number of pyridine rings is 2. The van der Waals surface area contributed by atoms with Gasteiger partial charge in [-0.25, -0.2) is 0 Å². The molecule has 0 aliphatic heterocycles. The normalized spacial score (nSPS) is 9.39. The molecule has 0 saturated heterocycles. The van der Waals surface area contributed by atoms with Crippen molar-refractivity contribution in [1.82, 2.24) is 9.97 Å². The molecule has 0 fully saturated rings. The summed E-state index contributed by atoms with van der Waals surface area (Å²) in [5.41, 5.74) is 0. The van der Waals surface area contributed by atoms with Crippen LogP contribution in [0.5, 0.6) is 0 Å². The molecule has 0 unspecified atom stereocenters. The predicted octanol–water partition coefficient (Wildman–Crippen LogP) is 5.16. The van der Waals surface area contributed by atoms with Crippen LogP contribution >= 0.6 is 0 Å². The molecule has 2 heterocycles. The molecule has 2 aromatic rings. The fourth-order valence-corrected chi connectivity index (χ4v) is 0.555. The molecule has 0 radical (unpaired) electrons. The van der Waals surface area contributed by atoms with E-state index in [4.69, 9.17) is 0 Å². The molecule has 0 aliphatic carbocycles. The number of hydrogen-bond donors (Lipinski definition) is 0. The summed E-state index contributed by atoms with van der Waals surface area (Å²) >= 11 is 0. The van der Waals surface area contributed by atoms with Gasteiger partial charge in [-0.3, -0.25) is 0 Å². The number of nitrogens with zero attached hydrogens (tertiary/aromatic N) is 2. The van der Waals surface area contributed by atoms with Crippen molar-refractivity contribution in [3.63, 3.8) is 0 Å². The Morgan fingerprint density at radius 1 is 0.652 bits per heavy atom. The Bertz CT molecular complexity index is 317. The van der Waals surface area contributed by atoms with Crippen LogP contribution in [0.1, 0.15) is 0 Å². The molecule has 2 rings (SSSR count). The molecule has 2 nitrogen and oxygen atoms in total. The quantitative estimate of drug-likeness (QED) is 0.460. The fraction of sp³-hybridized carbons (Fsp3) is 0.333. The minimum absolute atomic E-state index is 0. The summed E-state index contributed by atoms with van der Waals surface area (Å²) in [6.07, 6.45) is 8.67. The maximum Gasteiger partial charge on any atom is 0 e. The molecule has 0 saturated carbocycles. The zero-order valence-electron chi connectivity index (χ0n) is 15.2. The van der Waals surface area contributed by atoms with E-state index in [-0.39, 0.29) is 16.5 Å². The van der Waals surface area contributed by atoms with Crippen LogP contribution in [0.4, 0.5) is 0 Å². The molecule has 0 atom stereocenters. The Morgan fingerprint density at radius 2 is 0.913 bits per heavy atom. The summed E-state index contributed by atoms with van der Waals surface area (Å²) in [7, 11) is -1.72. The summed E-state index contributed by atoms with van der Waals surface area (Å²) < 4.78 is 0. The van der Waals surface area contributed by atoms with Gasteiger partial charge in [-0.2, -0.15) is 36.4 Å². The maximum atomic E-state index is 3.91. The summed E-state index contributed by atoms with van der Waals surface area (Å²) in [5.74, 6) is 0. The third-order valence-electron chi connectivity index (χ3n) is 1.03. The summed E-state index contributed by atoms with van der Waals surface area (Å²) in [6.45, 7) is 21.1. The SMILES string of the molecule is [CH2-][Si](C)(C)C.[CH2-][Si](C)(C)C.[Ni].[c-]1ccccn1.[c-]1ccccn1. The Morgan fingerprint density at radius 3 is 0.957 bits per heavy atom. The van der Waals surface area contributed by atoms with Crippen molar-refractivity contribution in [1.29, 1.82) is 0 Å². The van der Waals surface area contributed by atoms with E-state index in [0.29, 0.717) is 0 Å². The molecule has 0 amide bonds. The van der Waals surface area contributed by atoms with Gasteiger partial charge in [-0.15, -0.1) is 16.1 Å². The molecular weight excluding hydrogens is 359 g/mol. The van der Waals surface area contributed by atoms with E-state index < -0.39 is 16.1 Å². The van der Waals surface area contributed by atoms with Gasteiger partial charge in [0.1, 0.15) is 0 Å². The number of rotatable bonds is 0. The second kappa shape index (κ2) is 16.1. The Balaban J connectivity index is -0.000000230. The second-order valence-electron chi connectivity index (χ2n) is 7.04. The number of hydrogen-bond acceptors (Lipinski definition) is 2. The van der Waals surface area contributed by atoms with E-state index in [1.807, 2.05) is 24.3 Å². The zero-order chi connectivity index (χ0) is 17.5. The first-order valence-electron chi connectivity index (χ1n) is 7.25. The van der Waals surface area contributed by atoms with Gasteiger partial charge in [0.15, 0.2) is 0 Å². The van der Waals surface area contributed by atoms with Crippen LogP contribution in [0.25, 0.3) is 0 Å². The van der Waals surface area contributed by atoms with Gasteiger partial charge in [0, 0.05) is 16.5 Å². The maximum absolute atomic E-state index is 3.91. The Hall–Kier alpha value is -0.773. The first-order valence-corrected chi connectivity index (χ1v) is 14.7. The third-order valence-corrected chi connectivity index (χ3v) is 1.03. The molecule has 0 aromatic carbocycles. The summed E-state index contributed by atoms with van der Waals surface area (Å²) in [5, 5.41) is 0. The van der Waals surface area contributed by atoms with Gasteiger partial charge in [0.25, 0.3) is 0 Å².